The van der Waals surface area contributed by atoms with Crippen molar-refractivity contribution >= 4 is 28.2 Å². The second-order valence-electron chi connectivity index (χ2n) is 4.38. The van der Waals surface area contributed by atoms with Crippen molar-refractivity contribution in [1.82, 2.24) is 4.98 Å². The number of aromatic amines is 1. The minimum Gasteiger partial charge on any atom is -0.379 e. The van der Waals surface area contributed by atoms with Crippen LogP contribution in [-0.4, -0.2) is 4.98 Å². The van der Waals surface area contributed by atoms with Gasteiger partial charge in [-0.2, -0.15) is 0 Å². The second kappa shape index (κ2) is 4.94. The maximum absolute atomic E-state index is 13.5. The molecule has 0 spiro atoms. The van der Waals surface area contributed by atoms with Gasteiger partial charge in [-0.15, -0.1) is 0 Å². The molecule has 0 fully saturated rings. The monoisotopic (exact) mass is 274 g/mol. The molecule has 0 aliphatic rings. The van der Waals surface area contributed by atoms with Gasteiger partial charge in [-0.3, -0.25) is 0 Å². The molecule has 0 aliphatic carbocycles. The fourth-order valence-electron chi connectivity index (χ4n) is 2.04. The fourth-order valence-corrected chi connectivity index (χ4v) is 2.21. The third kappa shape index (κ3) is 2.56. The molecule has 0 radical (unpaired) electrons. The molecule has 0 saturated carbocycles. The highest BCUT2D eigenvalue weighted by Gasteiger charge is 2.03. The molecule has 0 atom stereocenters. The third-order valence-corrected chi connectivity index (χ3v) is 3.27. The van der Waals surface area contributed by atoms with Crippen molar-refractivity contribution in [3.8, 4) is 0 Å². The van der Waals surface area contributed by atoms with E-state index in [0.29, 0.717) is 17.3 Å². The van der Waals surface area contributed by atoms with Crippen molar-refractivity contribution in [3.63, 3.8) is 0 Å². The van der Waals surface area contributed by atoms with Gasteiger partial charge in [0.2, 0.25) is 0 Å². The predicted molar refractivity (Wildman–Crippen MR) is 77.0 cm³/mol. The van der Waals surface area contributed by atoms with Crippen LogP contribution in [0.4, 0.5) is 10.1 Å². The van der Waals surface area contributed by atoms with Crippen molar-refractivity contribution in [1.29, 1.82) is 0 Å². The summed E-state index contributed by atoms with van der Waals surface area (Å²) in [6.07, 6.45) is 1.90. The highest BCUT2D eigenvalue weighted by molar-refractivity contribution is 6.30. The van der Waals surface area contributed by atoms with E-state index >= 15 is 0 Å². The zero-order valence-corrected chi connectivity index (χ0v) is 10.8. The lowest BCUT2D eigenvalue weighted by molar-refractivity contribution is 0.630. The number of hydrogen-bond donors (Lipinski definition) is 2. The van der Waals surface area contributed by atoms with Crippen LogP contribution in [0.3, 0.4) is 0 Å². The summed E-state index contributed by atoms with van der Waals surface area (Å²) in [7, 11) is 0. The lowest BCUT2D eigenvalue weighted by Gasteiger charge is -2.08. The SMILES string of the molecule is Fc1ccc(Cl)cc1NCc1ccc2cc[nH]c2c1. The normalized spacial score (nSPS) is 10.8. The Bertz CT molecular complexity index is 721. The Hall–Kier alpha value is -2.00. The second-order valence-corrected chi connectivity index (χ2v) is 4.81. The van der Waals surface area contributed by atoms with E-state index < -0.39 is 0 Å². The number of halogens is 2. The number of benzene rings is 2. The van der Waals surface area contributed by atoms with Crippen LogP contribution in [0.5, 0.6) is 0 Å². The van der Waals surface area contributed by atoms with E-state index in [1.54, 1.807) is 6.07 Å². The number of nitrogens with one attached hydrogen (secondary N) is 2. The molecular weight excluding hydrogens is 263 g/mol. The summed E-state index contributed by atoms with van der Waals surface area (Å²) in [6.45, 7) is 0.548. The summed E-state index contributed by atoms with van der Waals surface area (Å²) in [5.74, 6) is -0.301. The highest BCUT2D eigenvalue weighted by atomic mass is 35.5. The van der Waals surface area contributed by atoms with Gasteiger partial charge in [-0.25, -0.2) is 4.39 Å². The molecule has 0 aliphatic heterocycles. The zero-order valence-electron chi connectivity index (χ0n) is 10.1. The first-order valence-electron chi connectivity index (χ1n) is 5.97. The fraction of sp³-hybridized carbons (Fsp3) is 0.0667. The maximum Gasteiger partial charge on any atom is 0.146 e. The topological polar surface area (TPSA) is 27.8 Å². The number of aromatic nitrogens is 1. The van der Waals surface area contributed by atoms with Crippen molar-refractivity contribution in [2.24, 2.45) is 0 Å². The maximum atomic E-state index is 13.5. The molecule has 19 heavy (non-hydrogen) atoms. The van der Waals surface area contributed by atoms with Crippen molar-refractivity contribution in [2.75, 3.05) is 5.32 Å². The molecule has 2 nitrogen and oxygen atoms in total. The Morgan fingerprint density at radius 2 is 2.00 bits per heavy atom. The molecule has 96 valence electrons. The Labute approximate surface area is 115 Å². The largest absolute Gasteiger partial charge is 0.379 e. The summed E-state index contributed by atoms with van der Waals surface area (Å²) in [5.41, 5.74) is 2.57. The molecular formula is C15H12ClFN2. The van der Waals surface area contributed by atoms with Gasteiger partial charge >= 0.3 is 0 Å². The van der Waals surface area contributed by atoms with Crippen molar-refractivity contribution in [3.05, 3.63) is 65.1 Å². The first-order valence-corrected chi connectivity index (χ1v) is 6.35. The highest BCUT2D eigenvalue weighted by Crippen LogP contribution is 2.21. The Kier molecular flexibility index (Phi) is 3.13. The molecule has 4 heteroatoms. The lowest BCUT2D eigenvalue weighted by atomic mass is 10.1. The molecule has 1 aromatic heterocycles. The summed E-state index contributed by atoms with van der Waals surface area (Å²) >= 11 is 5.85. The van der Waals surface area contributed by atoms with Crippen molar-refractivity contribution in [2.45, 2.75) is 6.54 Å². The van der Waals surface area contributed by atoms with Crippen LogP contribution in [0.2, 0.25) is 5.02 Å². The average Bonchev–Trinajstić information content (AvgIpc) is 2.87. The molecule has 2 N–H and O–H groups in total. The van der Waals surface area contributed by atoms with E-state index in [9.17, 15) is 4.39 Å². The molecule has 0 bridgehead atoms. The van der Waals surface area contributed by atoms with Gasteiger partial charge < -0.3 is 10.3 Å². The summed E-state index contributed by atoms with van der Waals surface area (Å²) in [5, 5.41) is 4.74. The van der Waals surface area contributed by atoms with Crippen LogP contribution in [0.25, 0.3) is 10.9 Å². The van der Waals surface area contributed by atoms with Crippen molar-refractivity contribution < 1.29 is 4.39 Å². The first-order chi connectivity index (χ1) is 9.22. The molecule has 0 unspecified atom stereocenters. The van der Waals surface area contributed by atoms with E-state index in [1.165, 1.54) is 12.1 Å². The van der Waals surface area contributed by atoms with Crippen LogP contribution in [0.15, 0.2) is 48.7 Å². The Morgan fingerprint density at radius 1 is 1.11 bits per heavy atom. The molecule has 0 saturated heterocycles. The average molecular weight is 275 g/mol. The molecule has 1 heterocycles. The minimum absolute atomic E-state index is 0.301. The quantitative estimate of drug-likeness (QED) is 0.719. The standard InChI is InChI=1S/C15H12ClFN2/c16-12-3-4-13(17)15(8-12)19-9-10-1-2-11-5-6-18-14(11)7-10/h1-8,18-19H,9H2. The number of anilines is 1. The van der Waals surface area contributed by atoms with Gasteiger partial charge in [0, 0.05) is 23.3 Å². The van der Waals surface area contributed by atoms with Crippen LogP contribution >= 0.6 is 11.6 Å². The predicted octanol–water partition coefficient (Wildman–Crippen LogP) is 4.57. The number of rotatable bonds is 3. The van der Waals surface area contributed by atoms with E-state index in [2.05, 4.69) is 10.3 Å². The van der Waals surface area contributed by atoms with Gasteiger partial charge in [0.15, 0.2) is 0 Å². The Balaban J connectivity index is 1.79. The lowest BCUT2D eigenvalue weighted by Crippen LogP contribution is -2.01. The van der Waals surface area contributed by atoms with Crippen LogP contribution < -0.4 is 5.32 Å². The minimum atomic E-state index is -0.301. The number of fused-ring (bicyclic) bond motifs is 1. The van der Waals surface area contributed by atoms with Gasteiger partial charge in [-0.1, -0.05) is 23.7 Å². The van der Waals surface area contributed by atoms with E-state index in [4.69, 9.17) is 11.6 Å². The van der Waals surface area contributed by atoms with Gasteiger partial charge in [0.25, 0.3) is 0 Å². The zero-order chi connectivity index (χ0) is 13.2. The number of hydrogen-bond acceptors (Lipinski definition) is 1. The third-order valence-electron chi connectivity index (χ3n) is 3.03. The summed E-state index contributed by atoms with van der Waals surface area (Å²) in [4.78, 5) is 3.16. The molecule has 3 rings (SSSR count). The first kappa shape index (κ1) is 12.1. The van der Waals surface area contributed by atoms with E-state index in [0.717, 1.165) is 16.5 Å². The van der Waals surface area contributed by atoms with Gasteiger partial charge in [-0.05, 0) is 41.3 Å². The van der Waals surface area contributed by atoms with Crippen LogP contribution in [0, 0.1) is 5.82 Å². The molecule has 2 aromatic carbocycles. The van der Waals surface area contributed by atoms with Crippen LogP contribution in [-0.2, 0) is 6.54 Å². The van der Waals surface area contributed by atoms with E-state index in [1.807, 2.05) is 30.5 Å². The van der Waals surface area contributed by atoms with E-state index in [-0.39, 0.29) is 5.82 Å². The van der Waals surface area contributed by atoms with Gasteiger partial charge in [0.05, 0.1) is 5.69 Å². The smallest absolute Gasteiger partial charge is 0.146 e. The number of H-pyrrole nitrogens is 1. The van der Waals surface area contributed by atoms with Gasteiger partial charge in [0.1, 0.15) is 5.82 Å². The summed E-state index contributed by atoms with van der Waals surface area (Å²) in [6, 6.07) is 12.6. The van der Waals surface area contributed by atoms with Crippen LogP contribution in [0.1, 0.15) is 5.56 Å². The molecule has 0 amide bonds. The molecule has 3 aromatic rings. The Morgan fingerprint density at radius 3 is 2.89 bits per heavy atom. The summed E-state index contributed by atoms with van der Waals surface area (Å²) < 4.78 is 13.5.